The molecule has 0 aliphatic rings. The number of hydrogen-bond acceptors (Lipinski definition) is 5. The Labute approximate surface area is 163 Å². The maximum atomic E-state index is 12.6. The molecule has 1 amide bonds. The second kappa shape index (κ2) is 8.83. The molecule has 3 aromatic rings. The lowest BCUT2D eigenvalue weighted by atomic mass is 10.3. The third kappa shape index (κ3) is 4.56. The first-order valence-electron chi connectivity index (χ1n) is 8.86. The van der Waals surface area contributed by atoms with E-state index in [0.29, 0.717) is 22.9 Å². The van der Waals surface area contributed by atoms with Crippen molar-refractivity contribution in [1.29, 1.82) is 0 Å². The van der Waals surface area contributed by atoms with Crippen LogP contribution in [0.2, 0.25) is 0 Å². The van der Waals surface area contributed by atoms with Crippen molar-refractivity contribution in [3.63, 3.8) is 0 Å². The number of oxazole rings is 1. The minimum absolute atomic E-state index is 0.104. The van der Waals surface area contributed by atoms with Gasteiger partial charge in [0, 0.05) is 6.54 Å². The molecular weight excluding hydrogens is 362 g/mol. The van der Waals surface area contributed by atoms with Crippen molar-refractivity contribution < 1.29 is 13.9 Å². The van der Waals surface area contributed by atoms with E-state index in [9.17, 15) is 4.79 Å². The van der Waals surface area contributed by atoms with Crippen molar-refractivity contribution in [2.45, 2.75) is 20.0 Å². The van der Waals surface area contributed by atoms with E-state index in [-0.39, 0.29) is 12.5 Å². The van der Waals surface area contributed by atoms with E-state index in [2.05, 4.69) is 12.2 Å². The van der Waals surface area contributed by atoms with Gasteiger partial charge < -0.3 is 14.5 Å². The summed E-state index contributed by atoms with van der Waals surface area (Å²) in [4.78, 5) is 15.0. The lowest BCUT2D eigenvalue weighted by molar-refractivity contribution is -0.117. The number of para-hydroxylation sites is 4. The number of carbonyl (C=O) groups excluding carboxylic acids is 1. The number of aromatic nitrogens is 1. The molecule has 0 radical (unpaired) electrons. The highest BCUT2D eigenvalue weighted by Gasteiger charge is 2.15. The summed E-state index contributed by atoms with van der Waals surface area (Å²) in [6, 6.07) is 15.1. The van der Waals surface area contributed by atoms with Crippen LogP contribution in [0.15, 0.2) is 52.9 Å². The Morgan fingerprint density at radius 1 is 1.22 bits per heavy atom. The van der Waals surface area contributed by atoms with E-state index in [1.807, 2.05) is 58.0 Å². The second-order valence-electron chi connectivity index (χ2n) is 6.21. The molecule has 2 aromatic carbocycles. The number of anilines is 1. The standard InChI is InChI=1S/C20H23N3O3S/c1-3-12-22(13-19(24)21-15-8-4-6-10-17(15)25-2)14-23-16-9-5-7-11-18(16)26-20(23)27/h4-11H,3,12-14H2,1-2H3,(H,21,24). The fraction of sp³-hybridized carbons (Fsp3) is 0.300. The molecule has 0 unspecified atom stereocenters. The summed E-state index contributed by atoms with van der Waals surface area (Å²) in [6.45, 7) is 3.58. The minimum atomic E-state index is -0.104. The van der Waals surface area contributed by atoms with Crippen LogP contribution in [0.25, 0.3) is 11.1 Å². The smallest absolute Gasteiger partial charge is 0.270 e. The van der Waals surface area contributed by atoms with Crippen molar-refractivity contribution in [2.75, 3.05) is 25.5 Å². The number of nitrogens with zero attached hydrogens (tertiary/aromatic N) is 2. The van der Waals surface area contributed by atoms with Crippen LogP contribution in [0.1, 0.15) is 13.3 Å². The molecule has 0 bridgehead atoms. The zero-order valence-electron chi connectivity index (χ0n) is 15.5. The maximum absolute atomic E-state index is 12.6. The summed E-state index contributed by atoms with van der Waals surface area (Å²) in [5.74, 6) is 0.531. The quantitative estimate of drug-likeness (QED) is 0.587. The molecule has 0 aliphatic carbocycles. The van der Waals surface area contributed by atoms with Crippen LogP contribution in [0.3, 0.4) is 0 Å². The van der Waals surface area contributed by atoms with E-state index in [0.717, 1.165) is 24.1 Å². The van der Waals surface area contributed by atoms with E-state index in [1.165, 1.54) is 0 Å². The van der Waals surface area contributed by atoms with Crippen molar-refractivity contribution in [3.05, 3.63) is 53.4 Å². The number of nitrogens with one attached hydrogen (secondary N) is 1. The lowest BCUT2D eigenvalue weighted by Gasteiger charge is -2.22. The van der Waals surface area contributed by atoms with Crippen LogP contribution in [0.4, 0.5) is 5.69 Å². The predicted octanol–water partition coefficient (Wildman–Crippen LogP) is 4.28. The molecule has 0 fully saturated rings. The molecule has 3 rings (SSSR count). The number of rotatable bonds is 8. The zero-order valence-corrected chi connectivity index (χ0v) is 16.3. The average Bonchev–Trinajstić information content (AvgIpc) is 2.98. The van der Waals surface area contributed by atoms with Crippen molar-refractivity contribution in [2.24, 2.45) is 0 Å². The molecular formula is C20H23N3O3S. The van der Waals surface area contributed by atoms with Gasteiger partial charge in [-0.1, -0.05) is 31.2 Å². The van der Waals surface area contributed by atoms with Crippen LogP contribution < -0.4 is 10.1 Å². The summed E-state index contributed by atoms with van der Waals surface area (Å²) < 4.78 is 12.8. The molecule has 142 valence electrons. The number of carbonyl (C=O) groups is 1. The molecule has 0 spiro atoms. The molecule has 0 atom stereocenters. The van der Waals surface area contributed by atoms with Gasteiger partial charge in [-0.15, -0.1) is 0 Å². The first-order chi connectivity index (χ1) is 13.1. The van der Waals surface area contributed by atoms with Crippen LogP contribution in [0.5, 0.6) is 5.75 Å². The highest BCUT2D eigenvalue weighted by atomic mass is 32.1. The topological polar surface area (TPSA) is 59.6 Å². The Bertz CT molecular complexity index is 980. The summed E-state index contributed by atoms with van der Waals surface area (Å²) in [5.41, 5.74) is 2.33. The fourth-order valence-electron chi connectivity index (χ4n) is 3.00. The number of ether oxygens (including phenoxy) is 1. The van der Waals surface area contributed by atoms with Gasteiger partial charge in [-0.25, -0.2) is 0 Å². The van der Waals surface area contributed by atoms with Crippen molar-refractivity contribution >= 4 is 34.9 Å². The summed E-state index contributed by atoms with van der Waals surface area (Å²) in [5, 5.41) is 2.92. The Hall–Kier alpha value is -2.64. The maximum Gasteiger partial charge on any atom is 0.270 e. The van der Waals surface area contributed by atoms with Crippen molar-refractivity contribution in [3.8, 4) is 5.75 Å². The van der Waals surface area contributed by atoms with E-state index in [4.69, 9.17) is 21.4 Å². The number of benzene rings is 2. The van der Waals surface area contributed by atoms with Crippen LogP contribution in [-0.2, 0) is 11.5 Å². The molecule has 1 aromatic heterocycles. The first-order valence-corrected chi connectivity index (χ1v) is 9.26. The minimum Gasteiger partial charge on any atom is -0.495 e. The SMILES string of the molecule is CCCN(CC(=O)Nc1ccccc1OC)Cn1c(=S)oc2ccccc21. The Morgan fingerprint density at radius 2 is 1.96 bits per heavy atom. The Balaban J connectivity index is 1.74. The van der Waals surface area contributed by atoms with Gasteiger partial charge in [0.2, 0.25) is 5.91 Å². The monoisotopic (exact) mass is 385 g/mol. The zero-order chi connectivity index (χ0) is 19.2. The average molecular weight is 385 g/mol. The normalized spacial score (nSPS) is 11.1. The Morgan fingerprint density at radius 3 is 2.74 bits per heavy atom. The molecule has 0 saturated heterocycles. The van der Waals surface area contributed by atoms with Gasteiger partial charge in [-0.05, 0) is 42.9 Å². The number of hydrogen-bond donors (Lipinski definition) is 1. The molecule has 0 saturated carbocycles. The highest BCUT2D eigenvalue weighted by Crippen LogP contribution is 2.23. The molecule has 27 heavy (non-hydrogen) atoms. The highest BCUT2D eigenvalue weighted by molar-refractivity contribution is 7.71. The third-order valence-corrected chi connectivity index (χ3v) is 4.51. The lowest BCUT2D eigenvalue weighted by Crippen LogP contribution is -2.35. The van der Waals surface area contributed by atoms with Crippen LogP contribution in [-0.4, -0.2) is 35.6 Å². The van der Waals surface area contributed by atoms with E-state index < -0.39 is 0 Å². The fourth-order valence-corrected chi connectivity index (χ4v) is 3.25. The number of fused-ring (bicyclic) bond motifs is 1. The predicted molar refractivity (Wildman–Crippen MR) is 109 cm³/mol. The number of amides is 1. The van der Waals surface area contributed by atoms with Gasteiger partial charge in [-0.3, -0.25) is 14.3 Å². The molecule has 1 N–H and O–H groups in total. The van der Waals surface area contributed by atoms with Crippen LogP contribution in [0, 0.1) is 4.84 Å². The van der Waals surface area contributed by atoms with Crippen LogP contribution >= 0.6 is 12.2 Å². The number of methoxy groups -OCH3 is 1. The van der Waals surface area contributed by atoms with Gasteiger partial charge in [0.1, 0.15) is 5.75 Å². The van der Waals surface area contributed by atoms with Gasteiger partial charge >= 0.3 is 0 Å². The van der Waals surface area contributed by atoms with Gasteiger partial charge in [0.15, 0.2) is 5.58 Å². The van der Waals surface area contributed by atoms with Gasteiger partial charge in [-0.2, -0.15) is 0 Å². The second-order valence-corrected chi connectivity index (χ2v) is 6.56. The largest absolute Gasteiger partial charge is 0.495 e. The summed E-state index contributed by atoms with van der Waals surface area (Å²) in [7, 11) is 1.58. The van der Waals surface area contributed by atoms with E-state index >= 15 is 0 Å². The summed E-state index contributed by atoms with van der Waals surface area (Å²) >= 11 is 5.36. The third-order valence-electron chi connectivity index (χ3n) is 4.20. The Kier molecular flexibility index (Phi) is 6.26. The van der Waals surface area contributed by atoms with E-state index in [1.54, 1.807) is 7.11 Å². The van der Waals surface area contributed by atoms with Gasteiger partial charge in [0.25, 0.3) is 4.84 Å². The molecule has 1 heterocycles. The molecule has 7 heteroatoms. The van der Waals surface area contributed by atoms with Gasteiger partial charge in [0.05, 0.1) is 31.5 Å². The summed E-state index contributed by atoms with van der Waals surface area (Å²) in [6.07, 6.45) is 0.922. The molecule has 6 nitrogen and oxygen atoms in total. The van der Waals surface area contributed by atoms with Crippen molar-refractivity contribution in [1.82, 2.24) is 9.47 Å². The first kappa shape index (κ1) is 19.1. The molecule has 0 aliphatic heterocycles.